The molecular formula is C21H29ClN8O4. The van der Waals surface area contributed by atoms with E-state index in [1.807, 2.05) is 24.3 Å². The van der Waals surface area contributed by atoms with Crippen LogP contribution in [0.5, 0.6) is 5.75 Å². The van der Waals surface area contributed by atoms with E-state index in [2.05, 4.69) is 14.7 Å². The number of carbonyl (C=O) groups excluding carboxylic acids is 2. The smallest absolute Gasteiger partial charge is 0.322 e. The van der Waals surface area contributed by atoms with E-state index < -0.39 is 23.9 Å². The number of amides is 1. The Balaban J connectivity index is 1.83. The Morgan fingerprint density at radius 1 is 1.15 bits per heavy atom. The molecule has 0 fully saturated rings. The van der Waals surface area contributed by atoms with Crippen LogP contribution in [0.4, 0.5) is 11.6 Å². The highest BCUT2D eigenvalue weighted by molar-refractivity contribution is 6.31. The number of nitrogens with one attached hydrogen (secondary N) is 1. The van der Waals surface area contributed by atoms with Gasteiger partial charge in [0, 0.05) is 13.0 Å². The van der Waals surface area contributed by atoms with Crippen molar-refractivity contribution in [1.82, 2.24) is 14.9 Å². The Kier molecular flexibility index (Phi) is 9.83. The van der Waals surface area contributed by atoms with Gasteiger partial charge in [-0.25, -0.2) is 9.97 Å². The maximum atomic E-state index is 12.7. The molecule has 0 aliphatic rings. The van der Waals surface area contributed by atoms with Crippen molar-refractivity contribution in [2.75, 3.05) is 31.7 Å². The van der Waals surface area contributed by atoms with Crippen molar-refractivity contribution in [2.24, 2.45) is 11.5 Å². The Morgan fingerprint density at radius 3 is 2.44 bits per heavy atom. The number of aromatic nitrogens is 2. The third kappa shape index (κ3) is 7.46. The van der Waals surface area contributed by atoms with Crippen LogP contribution >= 0.6 is 11.6 Å². The minimum Gasteiger partial charge on any atom is -0.494 e. The van der Waals surface area contributed by atoms with Crippen molar-refractivity contribution in [1.29, 1.82) is 5.41 Å². The molecule has 1 heterocycles. The van der Waals surface area contributed by atoms with Crippen LogP contribution in [-0.4, -0.2) is 59.0 Å². The number of halogens is 1. The van der Waals surface area contributed by atoms with Crippen LogP contribution in [0.25, 0.3) is 0 Å². The lowest BCUT2D eigenvalue weighted by atomic mass is 10.1. The highest BCUT2D eigenvalue weighted by Crippen LogP contribution is 2.19. The summed E-state index contributed by atoms with van der Waals surface area (Å²) in [4.78, 5) is 32.7. The molecule has 0 saturated heterocycles. The van der Waals surface area contributed by atoms with E-state index in [1.165, 1.54) is 7.11 Å². The number of benzene rings is 1. The van der Waals surface area contributed by atoms with Crippen molar-refractivity contribution < 1.29 is 19.1 Å². The summed E-state index contributed by atoms with van der Waals surface area (Å²) in [6.45, 7) is 0.484. The molecule has 1 atom stereocenters. The molecule has 2 rings (SSSR count). The van der Waals surface area contributed by atoms with Crippen LogP contribution in [0.3, 0.4) is 0 Å². The predicted molar refractivity (Wildman–Crippen MR) is 128 cm³/mol. The summed E-state index contributed by atoms with van der Waals surface area (Å²) in [6, 6.07) is 6.80. The lowest BCUT2D eigenvalue weighted by Gasteiger charge is -2.20. The standard InChI is InChI=1S/C21H29ClN8O4/c1-33-20(32)14(23)9-11-34-13-7-5-12(6-8-13)4-2-3-10-30(21(26)27)19(31)15-17(24)29-18(25)16(22)28-15/h5-8,14H,2-4,9-11,23H2,1H3,(H3,26,27)(H4,24,25,29). The second kappa shape index (κ2) is 12.6. The third-order valence-electron chi connectivity index (χ3n) is 4.87. The number of nitrogens with zero attached hydrogens (tertiary/aromatic N) is 3. The summed E-state index contributed by atoms with van der Waals surface area (Å²) in [5.41, 5.74) is 23.4. The second-order valence-electron chi connectivity index (χ2n) is 7.34. The number of rotatable bonds is 11. The van der Waals surface area contributed by atoms with Crippen LogP contribution in [0.1, 0.15) is 35.3 Å². The van der Waals surface area contributed by atoms with Crippen LogP contribution in [-0.2, 0) is 16.0 Å². The maximum Gasteiger partial charge on any atom is 0.322 e. The molecule has 0 aliphatic heterocycles. The number of hydrogen-bond acceptors (Lipinski definition) is 10. The van der Waals surface area contributed by atoms with Crippen molar-refractivity contribution in [3.8, 4) is 5.75 Å². The zero-order valence-corrected chi connectivity index (χ0v) is 19.5. The molecule has 2 aromatic rings. The first-order chi connectivity index (χ1) is 16.1. The molecule has 13 heteroatoms. The van der Waals surface area contributed by atoms with Crippen molar-refractivity contribution in [2.45, 2.75) is 31.7 Å². The molecule has 1 unspecified atom stereocenters. The number of hydrogen-bond donors (Lipinski definition) is 5. The highest BCUT2D eigenvalue weighted by atomic mass is 35.5. The van der Waals surface area contributed by atoms with Gasteiger partial charge in [0.15, 0.2) is 28.4 Å². The Morgan fingerprint density at radius 2 is 1.82 bits per heavy atom. The SMILES string of the molecule is COC(=O)C(N)CCOc1ccc(CCCCN(C(=N)N)C(=O)c2nc(Cl)c(N)nc2N)cc1. The Hall–Kier alpha value is -3.64. The predicted octanol–water partition coefficient (Wildman–Crippen LogP) is 0.922. The normalized spacial score (nSPS) is 11.5. The van der Waals surface area contributed by atoms with Crippen LogP contribution < -0.4 is 27.7 Å². The lowest BCUT2D eigenvalue weighted by Crippen LogP contribution is -2.42. The number of unbranched alkanes of at least 4 members (excludes halogenated alkanes) is 1. The van der Waals surface area contributed by atoms with Crippen LogP contribution in [0.2, 0.25) is 5.15 Å². The quantitative estimate of drug-likeness (QED) is 0.129. The molecule has 1 amide bonds. The fourth-order valence-electron chi connectivity index (χ4n) is 2.98. The molecule has 1 aromatic heterocycles. The Bertz CT molecular complexity index is 1020. The van der Waals surface area contributed by atoms with E-state index in [-0.39, 0.29) is 29.0 Å². The third-order valence-corrected chi connectivity index (χ3v) is 5.14. The van der Waals surface area contributed by atoms with E-state index >= 15 is 0 Å². The highest BCUT2D eigenvalue weighted by Gasteiger charge is 2.24. The first-order valence-electron chi connectivity index (χ1n) is 10.4. The van der Waals surface area contributed by atoms with Gasteiger partial charge in [0.2, 0.25) is 0 Å². The summed E-state index contributed by atoms with van der Waals surface area (Å²) in [6.07, 6.45) is 2.39. The molecule has 0 aliphatic carbocycles. The number of nitrogen functional groups attached to an aromatic ring is 2. The average molecular weight is 493 g/mol. The summed E-state index contributed by atoms with van der Waals surface area (Å²) < 4.78 is 10.2. The van der Waals surface area contributed by atoms with Gasteiger partial charge in [-0.3, -0.25) is 19.9 Å². The fourth-order valence-corrected chi connectivity index (χ4v) is 3.11. The van der Waals surface area contributed by atoms with Gasteiger partial charge in [-0.1, -0.05) is 23.7 Å². The fraction of sp³-hybridized carbons (Fsp3) is 0.381. The van der Waals surface area contributed by atoms with Gasteiger partial charge in [0.05, 0.1) is 13.7 Å². The van der Waals surface area contributed by atoms with E-state index in [1.54, 1.807) is 0 Å². The van der Waals surface area contributed by atoms with E-state index in [0.29, 0.717) is 25.2 Å². The monoisotopic (exact) mass is 492 g/mol. The number of ether oxygens (including phenoxy) is 2. The van der Waals surface area contributed by atoms with E-state index in [4.69, 9.17) is 44.7 Å². The first-order valence-corrected chi connectivity index (χ1v) is 10.8. The zero-order chi connectivity index (χ0) is 25.3. The molecule has 0 bridgehead atoms. The summed E-state index contributed by atoms with van der Waals surface area (Å²) in [5, 5.41) is 7.57. The summed E-state index contributed by atoms with van der Waals surface area (Å²) in [7, 11) is 1.29. The van der Waals surface area contributed by atoms with E-state index in [9.17, 15) is 9.59 Å². The molecule has 9 N–H and O–H groups in total. The summed E-state index contributed by atoms with van der Waals surface area (Å²) in [5.74, 6) is -1.20. The number of aryl methyl sites for hydroxylation is 1. The zero-order valence-electron chi connectivity index (χ0n) is 18.8. The maximum absolute atomic E-state index is 12.7. The number of anilines is 2. The van der Waals surface area contributed by atoms with Crippen LogP contribution in [0.15, 0.2) is 24.3 Å². The average Bonchev–Trinajstić information content (AvgIpc) is 2.81. The van der Waals surface area contributed by atoms with Gasteiger partial charge in [-0.2, -0.15) is 0 Å². The molecular weight excluding hydrogens is 464 g/mol. The van der Waals surface area contributed by atoms with Crippen LogP contribution in [0, 0.1) is 5.41 Å². The van der Waals surface area contributed by atoms with Gasteiger partial charge in [-0.05, 0) is 37.0 Å². The summed E-state index contributed by atoms with van der Waals surface area (Å²) >= 11 is 5.84. The number of esters is 1. The van der Waals surface area contributed by atoms with Gasteiger partial charge in [0.25, 0.3) is 5.91 Å². The molecule has 34 heavy (non-hydrogen) atoms. The number of nitrogens with two attached hydrogens (primary N) is 4. The first kappa shape index (κ1) is 26.6. The largest absolute Gasteiger partial charge is 0.494 e. The van der Waals surface area contributed by atoms with Gasteiger partial charge in [-0.15, -0.1) is 0 Å². The minimum atomic E-state index is -0.716. The van der Waals surface area contributed by atoms with Crippen molar-refractivity contribution in [3.63, 3.8) is 0 Å². The van der Waals surface area contributed by atoms with Gasteiger partial charge >= 0.3 is 5.97 Å². The van der Waals surface area contributed by atoms with Gasteiger partial charge in [0.1, 0.15) is 11.8 Å². The molecule has 12 nitrogen and oxygen atoms in total. The molecule has 184 valence electrons. The number of guanidine groups is 1. The second-order valence-corrected chi connectivity index (χ2v) is 7.70. The molecule has 1 aromatic carbocycles. The van der Waals surface area contributed by atoms with Gasteiger partial charge < -0.3 is 32.4 Å². The molecule has 0 radical (unpaired) electrons. The molecule has 0 spiro atoms. The number of methoxy groups -OCH3 is 1. The van der Waals surface area contributed by atoms with Crippen molar-refractivity contribution in [3.05, 3.63) is 40.7 Å². The van der Waals surface area contributed by atoms with Crippen molar-refractivity contribution >= 4 is 41.1 Å². The van der Waals surface area contributed by atoms with E-state index in [0.717, 1.165) is 23.3 Å². The Labute approximate surface area is 202 Å². The topological polar surface area (TPSA) is 210 Å². The minimum absolute atomic E-state index is 0.0914. The lowest BCUT2D eigenvalue weighted by molar-refractivity contribution is -0.142. The molecule has 0 saturated carbocycles. The number of carbonyl (C=O) groups is 2.